The first-order chi connectivity index (χ1) is 8.81. The average molecular weight is 264 g/mol. The maximum absolute atomic E-state index is 11.8. The lowest BCUT2D eigenvalue weighted by atomic mass is 10.1. The quantitative estimate of drug-likeness (QED) is 0.761. The number of carbonyl (C=O) groups is 1. The summed E-state index contributed by atoms with van der Waals surface area (Å²) in [5.74, 6) is 0.326. The van der Waals surface area contributed by atoms with Crippen LogP contribution in [0.1, 0.15) is 38.8 Å². The molecule has 3 heteroatoms. The molecule has 0 aliphatic heterocycles. The third kappa shape index (κ3) is 4.58. The summed E-state index contributed by atoms with van der Waals surface area (Å²) in [5.41, 5.74) is 2.21. The standard InChI is InChI=1S/C16H24O3/c1-10(2)18-16(17)13(5)14(6)19-15-9-11(3)7-8-12(15)4/h7-10,13-14H,1-6H3. The van der Waals surface area contributed by atoms with Gasteiger partial charge in [0.05, 0.1) is 12.0 Å². The van der Waals surface area contributed by atoms with E-state index in [0.717, 1.165) is 16.9 Å². The molecule has 0 bridgehead atoms. The second-order valence-corrected chi connectivity index (χ2v) is 5.37. The second-order valence-electron chi connectivity index (χ2n) is 5.37. The monoisotopic (exact) mass is 264 g/mol. The molecule has 0 spiro atoms. The molecule has 19 heavy (non-hydrogen) atoms. The summed E-state index contributed by atoms with van der Waals surface area (Å²) in [6, 6.07) is 6.06. The minimum Gasteiger partial charge on any atom is -0.490 e. The van der Waals surface area contributed by atoms with Gasteiger partial charge in [0.1, 0.15) is 11.9 Å². The van der Waals surface area contributed by atoms with Crippen molar-refractivity contribution in [3.8, 4) is 5.75 Å². The number of hydrogen-bond donors (Lipinski definition) is 0. The molecule has 1 aromatic rings. The fourth-order valence-corrected chi connectivity index (χ4v) is 1.67. The zero-order valence-electron chi connectivity index (χ0n) is 12.7. The highest BCUT2D eigenvalue weighted by molar-refractivity contribution is 5.72. The number of aryl methyl sites for hydroxylation is 2. The summed E-state index contributed by atoms with van der Waals surface area (Å²) in [7, 11) is 0. The Kier molecular flexibility index (Phi) is 5.40. The Balaban J connectivity index is 2.70. The maximum atomic E-state index is 11.8. The van der Waals surface area contributed by atoms with Crippen molar-refractivity contribution < 1.29 is 14.3 Å². The summed E-state index contributed by atoms with van der Waals surface area (Å²) in [5, 5.41) is 0. The molecule has 0 heterocycles. The summed E-state index contributed by atoms with van der Waals surface area (Å²) in [4.78, 5) is 11.8. The highest BCUT2D eigenvalue weighted by Gasteiger charge is 2.24. The van der Waals surface area contributed by atoms with E-state index in [0.29, 0.717) is 0 Å². The molecular weight excluding hydrogens is 240 g/mol. The van der Waals surface area contributed by atoms with Gasteiger partial charge in [-0.1, -0.05) is 12.1 Å². The molecule has 0 fully saturated rings. The fourth-order valence-electron chi connectivity index (χ4n) is 1.67. The lowest BCUT2D eigenvalue weighted by Gasteiger charge is -2.22. The first-order valence-electron chi connectivity index (χ1n) is 6.75. The van der Waals surface area contributed by atoms with Crippen LogP contribution in [0.3, 0.4) is 0 Å². The molecule has 3 nitrogen and oxygen atoms in total. The molecule has 0 aliphatic carbocycles. The Bertz CT molecular complexity index is 438. The SMILES string of the molecule is Cc1ccc(C)c(OC(C)C(C)C(=O)OC(C)C)c1. The van der Waals surface area contributed by atoms with Crippen molar-refractivity contribution in [1.29, 1.82) is 0 Å². The molecule has 2 atom stereocenters. The Morgan fingerprint density at radius 1 is 1.11 bits per heavy atom. The van der Waals surface area contributed by atoms with Crippen molar-refractivity contribution in [2.24, 2.45) is 5.92 Å². The molecule has 0 aromatic heterocycles. The van der Waals surface area contributed by atoms with Crippen LogP contribution < -0.4 is 4.74 Å². The highest BCUT2D eigenvalue weighted by atomic mass is 16.5. The number of carbonyl (C=O) groups excluding carboxylic acids is 1. The largest absolute Gasteiger partial charge is 0.490 e. The fraction of sp³-hybridized carbons (Fsp3) is 0.562. The van der Waals surface area contributed by atoms with E-state index < -0.39 is 0 Å². The van der Waals surface area contributed by atoms with E-state index in [2.05, 4.69) is 0 Å². The van der Waals surface area contributed by atoms with Crippen LogP contribution in [0.15, 0.2) is 18.2 Å². The van der Waals surface area contributed by atoms with Gasteiger partial charge in [-0.2, -0.15) is 0 Å². The van der Waals surface area contributed by atoms with Gasteiger partial charge in [0.15, 0.2) is 0 Å². The molecule has 0 saturated heterocycles. The van der Waals surface area contributed by atoms with Crippen LogP contribution in [0.25, 0.3) is 0 Å². The van der Waals surface area contributed by atoms with Crippen LogP contribution >= 0.6 is 0 Å². The topological polar surface area (TPSA) is 35.5 Å². The first kappa shape index (κ1) is 15.5. The zero-order chi connectivity index (χ0) is 14.6. The maximum Gasteiger partial charge on any atom is 0.312 e. The number of benzene rings is 1. The molecule has 2 unspecified atom stereocenters. The van der Waals surface area contributed by atoms with Crippen LogP contribution in [-0.2, 0) is 9.53 Å². The van der Waals surface area contributed by atoms with Crippen LogP contribution in [0, 0.1) is 19.8 Å². The van der Waals surface area contributed by atoms with Gasteiger partial charge in [-0.05, 0) is 58.7 Å². The average Bonchev–Trinajstić information content (AvgIpc) is 2.31. The van der Waals surface area contributed by atoms with Gasteiger partial charge in [-0.3, -0.25) is 4.79 Å². The van der Waals surface area contributed by atoms with E-state index in [1.54, 1.807) is 0 Å². The van der Waals surface area contributed by atoms with Gasteiger partial charge in [0.2, 0.25) is 0 Å². The van der Waals surface area contributed by atoms with Crippen LogP contribution in [-0.4, -0.2) is 18.2 Å². The van der Waals surface area contributed by atoms with Gasteiger partial charge in [-0.25, -0.2) is 0 Å². The number of ether oxygens (including phenoxy) is 2. The molecule has 0 aliphatic rings. The number of esters is 1. The minimum absolute atomic E-state index is 0.0946. The van der Waals surface area contributed by atoms with Crippen LogP contribution in [0.4, 0.5) is 0 Å². The Hall–Kier alpha value is -1.51. The third-order valence-corrected chi connectivity index (χ3v) is 3.08. The predicted octanol–water partition coefficient (Wildman–Crippen LogP) is 3.66. The van der Waals surface area contributed by atoms with E-state index >= 15 is 0 Å². The lowest BCUT2D eigenvalue weighted by Crippen LogP contribution is -2.31. The molecule has 106 valence electrons. The summed E-state index contributed by atoms with van der Waals surface area (Å²) >= 11 is 0. The van der Waals surface area contributed by atoms with Crippen molar-refractivity contribution in [2.45, 2.75) is 53.8 Å². The summed E-state index contributed by atoms with van der Waals surface area (Å²) in [6.45, 7) is 11.4. The minimum atomic E-state index is -0.290. The van der Waals surface area contributed by atoms with Gasteiger partial charge < -0.3 is 9.47 Å². The molecule has 0 amide bonds. The smallest absolute Gasteiger partial charge is 0.312 e. The lowest BCUT2D eigenvalue weighted by molar-refractivity contribution is -0.154. The van der Waals surface area contributed by atoms with E-state index in [-0.39, 0.29) is 24.1 Å². The molecular formula is C16H24O3. The number of rotatable bonds is 5. The zero-order valence-corrected chi connectivity index (χ0v) is 12.7. The van der Waals surface area contributed by atoms with Crippen molar-refractivity contribution in [3.63, 3.8) is 0 Å². The molecule has 1 rings (SSSR count). The van der Waals surface area contributed by atoms with Crippen molar-refractivity contribution >= 4 is 5.97 Å². The van der Waals surface area contributed by atoms with Crippen molar-refractivity contribution in [2.75, 3.05) is 0 Å². The predicted molar refractivity (Wildman–Crippen MR) is 76.4 cm³/mol. The van der Waals surface area contributed by atoms with Crippen molar-refractivity contribution in [3.05, 3.63) is 29.3 Å². The van der Waals surface area contributed by atoms with E-state index in [1.165, 1.54) is 0 Å². The second kappa shape index (κ2) is 6.60. The van der Waals surface area contributed by atoms with Gasteiger partial charge in [0.25, 0.3) is 0 Å². The van der Waals surface area contributed by atoms with Crippen LogP contribution in [0.2, 0.25) is 0 Å². The molecule has 0 saturated carbocycles. The first-order valence-corrected chi connectivity index (χ1v) is 6.75. The van der Waals surface area contributed by atoms with E-state index in [1.807, 2.05) is 59.7 Å². The Morgan fingerprint density at radius 2 is 1.74 bits per heavy atom. The molecule has 0 N–H and O–H groups in total. The van der Waals surface area contributed by atoms with Gasteiger partial charge >= 0.3 is 5.97 Å². The Labute approximate surface area is 115 Å². The third-order valence-electron chi connectivity index (χ3n) is 3.08. The molecule has 0 radical (unpaired) electrons. The van der Waals surface area contributed by atoms with Gasteiger partial charge in [0, 0.05) is 0 Å². The summed E-state index contributed by atoms with van der Waals surface area (Å²) in [6.07, 6.45) is -0.311. The van der Waals surface area contributed by atoms with E-state index in [4.69, 9.17) is 9.47 Å². The summed E-state index contributed by atoms with van der Waals surface area (Å²) < 4.78 is 11.1. The molecule has 1 aromatic carbocycles. The Morgan fingerprint density at radius 3 is 2.32 bits per heavy atom. The normalized spacial score (nSPS) is 14.1. The van der Waals surface area contributed by atoms with Crippen LogP contribution in [0.5, 0.6) is 5.75 Å². The van der Waals surface area contributed by atoms with E-state index in [9.17, 15) is 4.79 Å². The van der Waals surface area contributed by atoms with Gasteiger partial charge in [-0.15, -0.1) is 0 Å². The number of hydrogen-bond acceptors (Lipinski definition) is 3. The highest BCUT2D eigenvalue weighted by Crippen LogP contribution is 2.22. The van der Waals surface area contributed by atoms with Crippen molar-refractivity contribution in [1.82, 2.24) is 0 Å².